The Hall–Kier alpha value is -1.82. The van der Waals surface area contributed by atoms with Crippen LogP contribution in [0.2, 0.25) is 0 Å². The van der Waals surface area contributed by atoms with Crippen molar-refractivity contribution in [2.45, 2.75) is 39.7 Å². The first kappa shape index (κ1) is 16.2. The molecular formula is C14H22N2O4. The number of rotatable bonds is 6. The molecule has 0 amide bonds. The van der Waals surface area contributed by atoms with Gasteiger partial charge in [0.1, 0.15) is 11.7 Å². The minimum atomic E-state index is -0.751. The Morgan fingerprint density at radius 3 is 2.50 bits per heavy atom. The van der Waals surface area contributed by atoms with Gasteiger partial charge in [0.15, 0.2) is 0 Å². The van der Waals surface area contributed by atoms with Crippen LogP contribution in [-0.4, -0.2) is 36.7 Å². The van der Waals surface area contributed by atoms with Gasteiger partial charge in [0.25, 0.3) is 0 Å². The lowest BCUT2D eigenvalue weighted by Gasteiger charge is -2.09. The van der Waals surface area contributed by atoms with Crippen LogP contribution in [0.5, 0.6) is 0 Å². The summed E-state index contributed by atoms with van der Waals surface area (Å²) in [5.74, 6) is -0.866. The van der Waals surface area contributed by atoms with Gasteiger partial charge in [-0.3, -0.25) is 4.79 Å². The average Bonchev–Trinajstić information content (AvgIpc) is 2.74. The Bertz CT molecular complexity index is 494. The van der Waals surface area contributed by atoms with Gasteiger partial charge in [0.2, 0.25) is 0 Å². The zero-order valence-electron chi connectivity index (χ0n) is 12.4. The zero-order chi connectivity index (χ0) is 15.3. The molecule has 0 aromatic carbocycles. The van der Waals surface area contributed by atoms with Crippen LogP contribution >= 0.6 is 0 Å². The van der Waals surface area contributed by atoms with E-state index in [2.05, 4.69) is 9.72 Å². The third-order valence-corrected chi connectivity index (χ3v) is 3.23. The van der Waals surface area contributed by atoms with Gasteiger partial charge in [-0.2, -0.15) is 0 Å². The summed E-state index contributed by atoms with van der Waals surface area (Å²) in [5, 5.41) is 0. The van der Waals surface area contributed by atoms with E-state index in [1.165, 1.54) is 7.11 Å². The van der Waals surface area contributed by atoms with Gasteiger partial charge in [0, 0.05) is 12.1 Å². The van der Waals surface area contributed by atoms with Crippen LogP contribution in [0.3, 0.4) is 0 Å². The smallest absolute Gasteiger partial charge is 0.355 e. The summed E-state index contributed by atoms with van der Waals surface area (Å²) in [6, 6.07) is -0.751. The van der Waals surface area contributed by atoms with Crippen molar-refractivity contribution in [3.05, 3.63) is 22.5 Å². The first-order valence-electron chi connectivity index (χ1n) is 6.66. The summed E-state index contributed by atoms with van der Waals surface area (Å²) in [6.45, 7) is 5.91. The number of aromatic amines is 1. The third-order valence-electron chi connectivity index (χ3n) is 3.23. The SMILES string of the molecule is CCOC(=O)c1[nH]c(CC(N)C(=O)OC)c(CC)c1C. The molecule has 0 aliphatic rings. The summed E-state index contributed by atoms with van der Waals surface area (Å²) in [7, 11) is 1.30. The second-order valence-corrected chi connectivity index (χ2v) is 4.49. The summed E-state index contributed by atoms with van der Waals surface area (Å²) >= 11 is 0. The van der Waals surface area contributed by atoms with Gasteiger partial charge in [-0.1, -0.05) is 6.92 Å². The number of H-pyrrole nitrogens is 1. The van der Waals surface area contributed by atoms with Crippen LogP contribution in [0.15, 0.2) is 0 Å². The molecule has 6 nitrogen and oxygen atoms in total. The number of methoxy groups -OCH3 is 1. The van der Waals surface area contributed by atoms with E-state index < -0.39 is 18.0 Å². The van der Waals surface area contributed by atoms with Gasteiger partial charge in [-0.15, -0.1) is 0 Å². The van der Waals surface area contributed by atoms with E-state index in [1.54, 1.807) is 6.92 Å². The van der Waals surface area contributed by atoms with Crippen molar-refractivity contribution in [2.75, 3.05) is 13.7 Å². The van der Waals surface area contributed by atoms with Crippen LogP contribution < -0.4 is 5.73 Å². The highest BCUT2D eigenvalue weighted by molar-refractivity contribution is 5.90. The van der Waals surface area contributed by atoms with Crippen molar-refractivity contribution in [3.8, 4) is 0 Å². The second-order valence-electron chi connectivity index (χ2n) is 4.49. The van der Waals surface area contributed by atoms with E-state index in [9.17, 15) is 9.59 Å². The number of carbonyl (C=O) groups excluding carboxylic acids is 2. The van der Waals surface area contributed by atoms with Crippen molar-refractivity contribution >= 4 is 11.9 Å². The molecule has 0 radical (unpaired) electrons. The fourth-order valence-electron chi connectivity index (χ4n) is 2.21. The molecule has 0 aliphatic carbocycles. The van der Waals surface area contributed by atoms with Crippen molar-refractivity contribution in [3.63, 3.8) is 0 Å². The molecule has 1 atom stereocenters. The summed E-state index contributed by atoms with van der Waals surface area (Å²) in [6.07, 6.45) is 1.04. The van der Waals surface area contributed by atoms with Gasteiger partial charge in [-0.25, -0.2) is 4.79 Å². The molecule has 1 heterocycles. The number of hydrogen-bond acceptors (Lipinski definition) is 5. The molecule has 0 spiro atoms. The largest absolute Gasteiger partial charge is 0.468 e. The lowest BCUT2D eigenvalue weighted by atomic mass is 10.0. The molecule has 0 saturated carbocycles. The van der Waals surface area contributed by atoms with Gasteiger partial charge >= 0.3 is 11.9 Å². The first-order valence-corrected chi connectivity index (χ1v) is 6.66. The minimum absolute atomic E-state index is 0.302. The van der Waals surface area contributed by atoms with Crippen molar-refractivity contribution in [2.24, 2.45) is 5.73 Å². The lowest BCUT2D eigenvalue weighted by molar-refractivity contribution is -0.142. The highest BCUT2D eigenvalue weighted by Crippen LogP contribution is 2.21. The molecule has 1 aromatic heterocycles. The Morgan fingerprint density at radius 1 is 1.35 bits per heavy atom. The molecule has 1 unspecified atom stereocenters. The predicted molar refractivity (Wildman–Crippen MR) is 74.6 cm³/mol. The monoisotopic (exact) mass is 282 g/mol. The van der Waals surface area contributed by atoms with Crippen LogP contribution in [0.25, 0.3) is 0 Å². The molecule has 0 aliphatic heterocycles. The predicted octanol–water partition coefficient (Wildman–Crippen LogP) is 1.11. The fraction of sp³-hybridized carbons (Fsp3) is 0.571. The van der Waals surface area contributed by atoms with E-state index in [4.69, 9.17) is 10.5 Å². The molecule has 20 heavy (non-hydrogen) atoms. The minimum Gasteiger partial charge on any atom is -0.468 e. The standard InChI is InChI=1S/C14H22N2O4/c1-5-9-8(3)12(14(18)20-6-2)16-11(9)7-10(15)13(17)19-4/h10,16H,5-7,15H2,1-4H3. The fourth-order valence-corrected chi connectivity index (χ4v) is 2.21. The zero-order valence-corrected chi connectivity index (χ0v) is 12.4. The maximum atomic E-state index is 11.8. The Morgan fingerprint density at radius 2 is 2.00 bits per heavy atom. The summed E-state index contributed by atoms with van der Waals surface area (Å²) < 4.78 is 9.61. The van der Waals surface area contributed by atoms with Gasteiger partial charge in [0.05, 0.1) is 13.7 Å². The average molecular weight is 282 g/mol. The van der Waals surface area contributed by atoms with Gasteiger partial charge in [-0.05, 0) is 31.4 Å². The molecule has 3 N–H and O–H groups in total. The van der Waals surface area contributed by atoms with Crippen molar-refractivity contribution in [1.82, 2.24) is 4.98 Å². The van der Waals surface area contributed by atoms with Crippen LogP contribution in [0.1, 0.15) is 41.2 Å². The first-order chi connectivity index (χ1) is 9.46. The van der Waals surface area contributed by atoms with E-state index in [-0.39, 0.29) is 0 Å². The molecule has 1 aromatic rings. The van der Waals surface area contributed by atoms with E-state index in [1.807, 2.05) is 13.8 Å². The van der Waals surface area contributed by atoms with Gasteiger partial charge < -0.3 is 20.2 Å². The van der Waals surface area contributed by atoms with E-state index in [0.29, 0.717) is 18.7 Å². The van der Waals surface area contributed by atoms with E-state index >= 15 is 0 Å². The molecule has 1 rings (SSSR count). The second kappa shape index (κ2) is 7.09. The highest BCUT2D eigenvalue weighted by Gasteiger charge is 2.22. The number of ether oxygens (including phenoxy) is 2. The summed E-state index contributed by atoms with van der Waals surface area (Å²) in [4.78, 5) is 26.3. The highest BCUT2D eigenvalue weighted by atomic mass is 16.5. The maximum Gasteiger partial charge on any atom is 0.355 e. The topological polar surface area (TPSA) is 94.4 Å². The number of carbonyl (C=O) groups is 2. The van der Waals surface area contributed by atoms with Crippen molar-refractivity contribution < 1.29 is 19.1 Å². The number of nitrogens with one attached hydrogen (secondary N) is 1. The molecule has 0 fully saturated rings. The number of nitrogens with two attached hydrogens (primary N) is 1. The Kier molecular flexibility index (Phi) is 5.76. The summed E-state index contributed by atoms with van der Waals surface area (Å²) in [5.41, 5.74) is 8.82. The molecular weight excluding hydrogens is 260 g/mol. The normalized spacial score (nSPS) is 12.1. The number of hydrogen-bond donors (Lipinski definition) is 2. The number of aromatic nitrogens is 1. The quantitative estimate of drug-likeness (QED) is 0.762. The van der Waals surface area contributed by atoms with Crippen LogP contribution in [0, 0.1) is 6.92 Å². The molecule has 112 valence electrons. The Balaban J connectivity index is 3.05. The van der Waals surface area contributed by atoms with Crippen LogP contribution in [0.4, 0.5) is 0 Å². The third kappa shape index (κ3) is 3.39. The van der Waals surface area contributed by atoms with Crippen molar-refractivity contribution in [1.29, 1.82) is 0 Å². The maximum absolute atomic E-state index is 11.8. The van der Waals surface area contributed by atoms with Crippen LogP contribution in [-0.2, 0) is 27.1 Å². The lowest BCUT2D eigenvalue weighted by Crippen LogP contribution is -2.34. The number of esters is 2. The Labute approximate surface area is 118 Å². The molecule has 0 bridgehead atoms. The molecule has 0 saturated heterocycles. The van der Waals surface area contributed by atoms with E-state index in [0.717, 1.165) is 23.2 Å². The molecule has 6 heteroatoms.